The van der Waals surface area contributed by atoms with E-state index in [2.05, 4.69) is 17.9 Å². The Kier molecular flexibility index (Phi) is 20.1. The van der Waals surface area contributed by atoms with Crippen LogP contribution in [0.2, 0.25) is 0 Å². The highest BCUT2D eigenvalue weighted by Crippen LogP contribution is 2.20. The molecule has 0 saturated carbocycles. The van der Waals surface area contributed by atoms with Crippen LogP contribution in [0.15, 0.2) is 25.3 Å². The summed E-state index contributed by atoms with van der Waals surface area (Å²) in [5.41, 5.74) is -1.02. The first kappa shape index (κ1) is 36.3. The van der Waals surface area contributed by atoms with Crippen molar-refractivity contribution < 1.29 is 57.2 Å². The van der Waals surface area contributed by atoms with Gasteiger partial charge in [-0.2, -0.15) is 0 Å². The molecule has 0 heterocycles. The normalized spacial score (nSPS) is 10.6. The Bertz CT molecular complexity index is 800. The van der Waals surface area contributed by atoms with Crippen LogP contribution in [0.25, 0.3) is 0 Å². The highest BCUT2D eigenvalue weighted by atomic mass is 16.6. The first-order chi connectivity index (χ1) is 19.0. The monoisotopic (exact) mass is 570 g/mol. The van der Waals surface area contributed by atoms with E-state index in [1.165, 1.54) is 7.11 Å². The van der Waals surface area contributed by atoms with Crippen molar-refractivity contribution in [2.24, 2.45) is 5.41 Å². The van der Waals surface area contributed by atoms with E-state index in [9.17, 15) is 28.8 Å². The van der Waals surface area contributed by atoms with Gasteiger partial charge in [-0.3, -0.25) is 19.2 Å². The van der Waals surface area contributed by atoms with Gasteiger partial charge in [0.15, 0.2) is 0 Å². The van der Waals surface area contributed by atoms with Crippen molar-refractivity contribution in [3.05, 3.63) is 25.3 Å². The molecule has 0 aromatic heterocycles. The van der Waals surface area contributed by atoms with Gasteiger partial charge in [0.2, 0.25) is 0 Å². The number of carbonyl (C=O) groups excluding carboxylic acids is 6. The van der Waals surface area contributed by atoms with Gasteiger partial charge >= 0.3 is 35.8 Å². The fourth-order valence-electron chi connectivity index (χ4n) is 2.97. The number of hydrogen-bond donors (Lipinski definition) is 0. The molecule has 0 amide bonds. The number of ether oxygens (including phenoxy) is 6. The predicted octanol–water partition coefficient (Wildman–Crippen LogP) is 3.15. The molecule has 0 rings (SSSR count). The lowest BCUT2D eigenvalue weighted by Crippen LogP contribution is -2.37. The fourth-order valence-corrected chi connectivity index (χ4v) is 2.97. The highest BCUT2D eigenvalue weighted by molar-refractivity contribution is 5.81. The molecule has 0 atom stereocenters. The summed E-state index contributed by atoms with van der Waals surface area (Å²) in [4.78, 5) is 69.8. The van der Waals surface area contributed by atoms with Crippen molar-refractivity contribution in [1.82, 2.24) is 0 Å². The average Bonchev–Trinajstić information content (AvgIpc) is 2.95. The molecule has 0 radical (unpaired) electrons. The number of rotatable bonds is 23. The molecule has 226 valence electrons. The van der Waals surface area contributed by atoms with Crippen LogP contribution >= 0.6 is 0 Å². The molecule has 40 heavy (non-hydrogen) atoms. The van der Waals surface area contributed by atoms with E-state index in [-0.39, 0.29) is 58.7 Å². The Morgan fingerprint density at radius 3 is 1.30 bits per heavy atom. The molecule has 0 unspecified atom stereocenters. The summed E-state index contributed by atoms with van der Waals surface area (Å²) in [6, 6.07) is 0. The molecule has 0 saturated heterocycles. The molecule has 0 fully saturated rings. The van der Waals surface area contributed by atoms with Crippen molar-refractivity contribution in [1.29, 1.82) is 0 Å². The minimum atomic E-state index is -1.02. The van der Waals surface area contributed by atoms with Crippen molar-refractivity contribution in [3.63, 3.8) is 0 Å². The van der Waals surface area contributed by atoms with E-state index in [1.807, 2.05) is 0 Å². The summed E-state index contributed by atoms with van der Waals surface area (Å²) < 4.78 is 30.2. The molecule has 0 N–H and O–H groups in total. The van der Waals surface area contributed by atoms with Crippen molar-refractivity contribution >= 4 is 35.8 Å². The fraction of sp³-hybridized carbons (Fsp3) is 0.643. The van der Waals surface area contributed by atoms with E-state index in [0.717, 1.165) is 12.2 Å². The van der Waals surface area contributed by atoms with Crippen molar-refractivity contribution in [2.45, 2.75) is 71.1 Å². The Hall–Kier alpha value is -3.70. The Labute approximate surface area is 235 Å². The minimum absolute atomic E-state index is 0.131. The molecule has 0 aromatic carbocycles. The summed E-state index contributed by atoms with van der Waals surface area (Å²) in [5.74, 6) is -3.16. The largest absolute Gasteiger partial charge is 0.469 e. The van der Waals surface area contributed by atoms with Crippen LogP contribution in [0.1, 0.15) is 71.1 Å². The van der Waals surface area contributed by atoms with Gasteiger partial charge in [0.25, 0.3) is 0 Å². The third-order valence-corrected chi connectivity index (χ3v) is 5.38. The Morgan fingerprint density at radius 2 is 0.925 bits per heavy atom. The quantitative estimate of drug-likeness (QED) is 0.0766. The van der Waals surface area contributed by atoms with Gasteiger partial charge in [0, 0.05) is 25.0 Å². The highest BCUT2D eigenvalue weighted by Gasteiger charge is 2.31. The average molecular weight is 571 g/mol. The van der Waals surface area contributed by atoms with Crippen LogP contribution in [-0.2, 0) is 57.2 Å². The van der Waals surface area contributed by atoms with Gasteiger partial charge in [-0.25, -0.2) is 9.59 Å². The zero-order chi connectivity index (χ0) is 30.2. The second-order valence-corrected chi connectivity index (χ2v) is 9.23. The van der Waals surface area contributed by atoms with Gasteiger partial charge in [0.05, 0.1) is 38.6 Å². The number of methoxy groups -OCH3 is 1. The maximum Gasteiger partial charge on any atom is 0.330 e. The van der Waals surface area contributed by atoms with Crippen LogP contribution in [0.5, 0.6) is 0 Å². The topological polar surface area (TPSA) is 158 Å². The van der Waals surface area contributed by atoms with Gasteiger partial charge < -0.3 is 28.4 Å². The molecule has 12 heteroatoms. The van der Waals surface area contributed by atoms with Crippen molar-refractivity contribution in [2.75, 3.05) is 40.1 Å². The summed E-state index contributed by atoms with van der Waals surface area (Å²) in [6.07, 6.45) is 5.58. The maximum atomic E-state index is 12.2. The number of hydrogen-bond acceptors (Lipinski definition) is 12. The SMILES string of the molecule is C=CC(=O)OCCCCCC(=O)OCC(C)(COC(=O)CCCCCOC(=O)C=C)COC(=O)CCC(=O)OC. The lowest BCUT2D eigenvalue weighted by atomic mass is 9.94. The standard InChI is InChI=1S/C28H42O12/c1-5-22(29)36-17-11-7-9-13-25(32)38-19-28(3,21-40-27(34)16-15-24(31)35-4)20-39-26(33)14-10-8-12-18-37-23(30)6-2/h5-6H,1-2,7-21H2,3-4H3. The summed E-state index contributed by atoms with van der Waals surface area (Å²) in [7, 11) is 1.21. The smallest absolute Gasteiger partial charge is 0.330 e. The summed E-state index contributed by atoms with van der Waals surface area (Å²) in [6.45, 7) is 8.16. The van der Waals surface area contributed by atoms with E-state index in [4.69, 9.17) is 23.7 Å². The zero-order valence-electron chi connectivity index (χ0n) is 23.6. The van der Waals surface area contributed by atoms with Crippen LogP contribution < -0.4 is 0 Å². The van der Waals surface area contributed by atoms with Crippen molar-refractivity contribution in [3.8, 4) is 0 Å². The molecule has 0 aliphatic heterocycles. The third-order valence-electron chi connectivity index (χ3n) is 5.38. The number of unbranched alkanes of at least 4 members (excludes halogenated alkanes) is 4. The minimum Gasteiger partial charge on any atom is -0.469 e. The number of carbonyl (C=O) groups is 6. The van der Waals surface area contributed by atoms with E-state index < -0.39 is 41.2 Å². The van der Waals surface area contributed by atoms with E-state index in [0.29, 0.717) is 38.5 Å². The van der Waals surface area contributed by atoms with E-state index in [1.54, 1.807) is 6.92 Å². The lowest BCUT2D eigenvalue weighted by molar-refractivity contribution is -0.162. The Balaban J connectivity index is 4.64. The summed E-state index contributed by atoms with van der Waals surface area (Å²) >= 11 is 0. The predicted molar refractivity (Wildman–Crippen MR) is 141 cm³/mol. The molecular formula is C28H42O12. The first-order valence-corrected chi connectivity index (χ1v) is 13.2. The van der Waals surface area contributed by atoms with Crippen LogP contribution in [0, 0.1) is 5.41 Å². The van der Waals surface area contributed by atoms with Gasteiger partial charge in [-0.1, -0.05) is 13.2 Å². The number of esters is 6. The van der Waals surface area contributed by atoms with Gasteiger partial charge in [-0.15, -0.1) is 0 Å². The zero-order valence-corrected chi connectivity index (χ0v) is 23.6. The summed E-state index contributed by atoms with van der Waals surface area (Å²) in [5, 5.41) is 0. The molecule has 0 aliphatic rings. The van der Waals surface area contributed by atoms with Crippen LogP contribution in [0.3, 0.4) is 0 Å². The molecule has 0 aromatic rings. The molecular weight excluding hydrogens is 528 g/mol. The first-order valence-electron chi connectivity index (χ1n) is 13.2. The lowest BCUT2D eigenvalue weighted by Gasteiger charge is -2.28. The second-order valence-electron chi connectivity index (χ2n) is 9.23. The van der Waals surface area contributed by atoms with Gasteiger partial charge in [-0.05, 0) is 45.4 Å². The molecule has 12 nitrogen and oxygen atoms in total. The molecule has 0 spiro atoms. The second kappa shape index (κ2) is 22.2. The maximum absolute atomic E-state index is 12.2. The van der Waals surface area contributed by atoms with Crippen LogP contribution in [0.4, 0.5) is 0 Å². The van der Waals surface area contributed by atoms with E-state index >= 15 is 0 Å². The molecule has 0 aliphatic carbocycles. The Morgan fingerprint density at radius 1 is 0.550 bits per heavy atom. The third kappa shape index (κ3) is 20.3. The van der Waals surface area contributed by atoms with Gasteiger partial charge in [0.1, 0.15) is 19.8 Å². The molecule has 0 bridgehead atoms. The van der Waals surface area contributed by atoms with Crippen LogP contribution in [-0.4, -0.2) is 76.0 Å².